The zero-order chi connectivity index (χ0) is 16.5. The molecule has 1 aromatic carbocycles. The van der Waals surface area contributed by atoms with Crippen LogP contribution in [0.2, 0.25) is 0 Å². The minimum absolute atomic E-state index is 0.219. The van der Waals surface area contributed by atoms with E-state index in [9.17, 15) is 13.2 Å². The average molecular weight is 313 g/mol. The van der Waals surface area contributed by atoms with Crippen LogP contribution in [0.5, 0.6) is 0 Å². The lowest BCUT2D eigenvalue weighted by Gasteiger charge is -2.29. The van der Waals surface area contributed by atoms with Crippen molar-refractivity contribution >= 4 is 0 Å². The van der Waals surface area contributed by atoms with Crippen molar-refractivity contribution in [1.29, 1.82) is 5.26 Å². The molecule has 0 radical (unpaired) electrons. The van der Waals surface area contributed by atoms with E-state index in [1.165, 1.54) is 6.07 Å². The third-order valence-electron chi connectivity index (χ3n) is 3.60. The fraction of sp³-hybridized carbons (Fsp3) is 0.588. The zero-order valence-electron chi connectivity index (χ0n) is 12.8. The third-order valence-corrected chi connectivity index (χ3v) is 3.60. The lowest BCUT2D eigenvalue weighted by Crippen LogP contribution is -2.46. The molecular formula is C17H22F3NO. The Bertz CT molecular complexity index is 467. The van der Waals surface area contributed by atoms with Crippen molar-refractivity contribution in [2.45, 2.75) is 63.8 Å². The van der Waals surface area contributed by atoms with Crippen molar-refractivity contribution in [3.63, 3.8) is 0 Å². The number of unbranched alkanes of at least 4 members (excludes halogenated alkanes) is 4. The Hall–Kier alpha value is -1.54. The normalized spacial score (nSPS) is 14.3. The van der Waals surface area contributed by atoms with E-state index in [1.807, 2.05) is 6.92 Å². The van der Waals surface area contributed by atoms with Crippen LogP contribution in [0.4, 0.5) is 13.2 Å². The molecule has 1 unspecified atom stereocenters. The van der Waals surface area contributed by atoms with Crippen molar-refractivity contribution in [2.75, 3.05) is 0 Å². The van der Waals surface area contributed by atoms with E-state index in [2.05, 4.69) is 0 Å². The van der Waals surface area contributed by atoms with Crippen molar-refractivity contribution < 1.29 is 17.9 Å². The molecule has 0 aliphatic carbocycles. The number of rotatable bonds is 9. The summed E-state index contributed by atoms with van der Waals surface area (Å²) in [6, 6.07) is 9.96. The Morgan fingerprint density at radius 1 is 1.05 bits per heavy atom. The van der Waals surface area contributed by atoms with Crippen LogP contribution in [0.25, 0.3) is 0 Å². The van der Waals surface area contributed by atoms with Gasteiger partial charge in [-0.05, 0) is 18.4 Å². The molecule has 2 nitrogen and oxygen atoms in total. The lowest BCUT2D eigenvalue weighted by molar-refractivity contribution is -0.260. The highest BCUT2D eigenvalue weighted by molar-refractivity contribution is 5.15. The van der Waals surface area contributed by atoms with Gasteiger partial charge in [0.15, 0.2) is 0 Å². The summed E-state index contributed by atoms with van der Waals surface area (Å²) in [6.45, 7) is 1.82. The number of nitriles is 1. The smallest absolute Gasteiger partial charge is 0.347 e. The zero-order valence-corrected chi connectivity index (χ0v) is 12.8. The van der Waals surface area contributed by atoms with Crippen LogP contribution >= 0.6 is 0 Å². The number of halogens is 3. The number of hydrogen-bond donors (Lipinski definition) is 0. The number of alkyl halides is 3. The monoisotopic (exact) mass is 313 g/mol. The Balaban J connectivity index is 2.68. The van der Waals surface area contributed by atoms with Gasteiger partial charge in [-0.15, -0.1) is 0 Å². The topological polar surface area (TPSA) is 33.0 Å². The first kappa shape index (κ1) is 18.5. The number of ether oxygens (including phenoxy) is 1. The van der Waals surface area contributed by atoms with Gasteiger partial charge in [-0.3, -0.25) is 0 Å². The summed E-state index contributed by atoms with van der Waals surface area (Å²) in [5.41, 5.74) is -2.09. The summed E-state index contributed by atoms with van der Waals surface area (Å²) in [4.78, 5) is 0. The van der Waals surface area contributed by atoms with E-state index in [-0.39, 0.29) is 13.0 Å². The molecule has 22 heavy (non-hydrogen) atoms. The molecule has 0 aliphatic heterocycles. The van der Waals surface area contributed by atoms with E-state index in [4.69, 9.17) is 10.00 Å². The fourth-order valence-corrected chi connectivity index (χ4v) is 2.21. The van der Waals surface area contributed by atoms with E-state index in [0.717, 1.165) is 19.3 Å². The Morgan fingerprint density at radius 2 is 1.68 bits per heavy atom. The van der Waals surface area contributed by atoms with Gasteiger partial charge < -0.3 is 4.74 Å². The Kier molecular flexibility index (Phi) is 7.40. The molecule has 122 valence electrons. The second kappa shape index (κ2) is 8.79. The number of hydrogen-bond acceptors (Lipinski definition) is 2. The summed E-state index contributed by atoms with van der Waals surface area (Å²) >= 11 is 0. The molecule has 0 aromatic heterocycles. The number of benzene rings is 1. The molecule has 0 amide bonds. The first-order chi connectivity index (χ1) is 10.4. The van der Waals surface area contributed by atoms with Crippen LogP contribution in [0.15, 0.2) is 30.3 Å². The molecule has 1 rings (SSSR count). The van der Waals surface area contributed by atoms with Gasteiger partial charge in [0.2, 0.25) is 5.60 Å². The van der Waals surface area contributed by atoms with E-state index in [1.54, 1.807) is 30.3 Å². The molecule has 0 spiro atoms. The van der Waals surface area contributed by atoms with Crippen molar-refractivity contribution in [2.24, 2.45) is 0 Å². The quantitative estimate of drug-likeness (QED) is 0.573. The molecule has 1 aromatic rings. The molecule has 0 saturated heterocycles. The molecule has 0 heterocycles. The van der Waals surface area contributed by atoms with Crippen molar-refractivity contribution in [3.05, 3.63) is 35.9 Å². The second-order valence-electron chi connectivity index (χ2n) is 5.38. The van der Waals surface area contributed by atoms with E-state index >= 15 is 0 Å². The molecule has 5 heteroatoms. The SMILES string of the molecule is CCCCCCCC(C#N)(OCc1ccccc1)C(F)(F)F. The Morgan fingerprint density at radius 3 is 2.23 bits per heavy atom. The van der Waals surface area contributed by atoms with Gasteiger partial charge in [0.1, 0.15) is 6.07 Å². The maximum absolute atomic E-state index is 13.3. The first-order valence-corrected chi connectivity index (χ1v) is 7.61. The highest BCUT2D eigenvalue weighted by Crippen LogP contribution is 2.38. The number of nitrogens with zero attached hydrogens (tertiary/aromatic N) is 1. The van der Waals surface area contributed by atoms with Crippen LogP contribution < -0.4 is 0 Å². The molecular weight excluding hydrogens is 291 g/mol. The molecule has 0 fully saturated rings. The fourth-order valence-electron chi connectivity index (χ4n) is 2.21. The summed E-state index contributed by atoms with van der Waals surface area (Å²) < 4.78 is 45.0. The highest BCUT2D eigenvalue weighted by Gasteiger charge is 2.56. The molecule has 0 aliphatic rings. The molecule has 0 bridgehead atoms. The molecule has 0 saturated carbocycles. The Labute approximate surface area is 129 Å². The minimum atomic E-state index is -4.69. The molecule has 1 atom stereocenters. The van der Waals surface area contributed by atoms with Gasteiger partial charge in [-0.1, -0.05) is 62.9 Å². The van der Waals surface area contributed by atoms with E-state index < -0.39 is 11.8 Å². The maximum Gasteiger partial charge on any atom is 0.431 e. The van der Waals surface area contributed by atoms with Crippen LogP contribution in [0.3, 0.4) is 0 Å². The van der Waals surface area contributed by atoms with Crippen LogP contribution in [0.1, 0.15) is 51.0 Å². The van der Waals surface area contributed by atoms with Crippen LogP contribution in [0, 0.1) is 11.3 Å². The summed E-state index contributed by atoms with van der Waals surface area (Å²) in [5, 5.41) is 9.10. The van der Waals surface area contributed by atoms with Gasteiger partial charge in [-0.2, -0.15) is 18.4 Å². The predicted molar refractivity (Wildman–Crippen MR) is 79.0 cm³/mol. The lowest BCUT2D eigenvalue weighted by atomic mass is 9.96. The van der Waals surface area contributed by atoms with Gasteiger partial charge in [0.25, 0.3) is 0 Å². The first-order valence-electron chi connectivity index (χ1n) is 7.61. The van der Waals surface area contributed by atoms with Gasteiger partial charge in [0, 0.05) is 0 Å². The van der Waals surface area contributed by atoms with Crippen molar-refractivity contribution in [1.82, 2.24) is 0 Å². The van der Waals surface area contributed by atoms with Crippen molar-refractivity contribution in [3.8, 4) is 6.07 Å². The summed E-state index contributed by atoms with van der Waals surface area (Å²) in [7, 11) is 0. The predicted octanol–water partition coefficient (Wildman–Crippen LogP) is 5.39. The van der Waals surface area contributed by atoms with E-state index in [0.29, 0.717) is 18.4 Å². The van der Waals surface area contributed by atoms with Gasteiger partial charge >= 0.3 is 6.18 Å². The van der Waals surface area contributed by atoms with Crippen LogP contribution in [-0.2, 0) is 11.3 Å². The second-order valence-corrected chi connectivity index (χ2v) is 5.38. The minimum Gasteiger partial charge on any atom is -0.347 e. The third kappa shape index (κ3) is 5.34. The van der Waals surface area contributed by atoms with Gasteiger partial charge in [-0.25, -0.2) is 0 Å². The highest BCUT2D eigenvalue weighted by atomic mass is 19.4. The maximum atomic E-state index is 13.3. The standard InChI is InChI=1S/C17H22F3NO/c1-2-3-4-5-9-12-16(14-21,17(18,19)20)22-13-15-10-7-6-8-11-15/h6-8,10-11H,2-5,9,12-13H2,1H3. The summed E-state index contributed by atoms with van der Waals surface area (Å²) in [5.74, 6) is 0. The molecule has 0 N–H and O–H groups in total. The summed E-state index contributed by atoms with van der Waals surface area (Å²) in [6.07, 6.45) is -1.09. The average Bonchev–Trinajstić information content (AvgIpc) is 2.50. The van der Waals surface area contributed by atoms with Gasteiger partial charge in [0.05, 0.1) is 6.61 Å². The van der Waals surface area contributed by atoms with Crippen LogP contribution in [-0.4, -0.2) is 11.8 Å². The largest absolute Gasteiger partial charge is 0.431 e.